The molecule has 0 N–H and O–H groups in total. The zero-order valence-corrected chi connectivity index (χ0v) is 14.5. The van der Waals surface area contributed by atoms with E-state index in [4.69, 9.17) is 4.52 Å². The molecule has 0 saturated heterocycles. The lowest BCUT2D eigenvalue weighted by atomic mass is 9.77. The molecule has 0 unspecified atom stereocenters. The standard InChI is InChI=1S/C19H26N2O/c1-18(2,3)15-11-10-12-13(15)8-7-9-14(12)16-20-17(22-21-16)19(4,5)6/h7-9,15H,10-11H2,1-6H3/t15-/m1/s1. The van der Waals surface area contributed by atoms with E-state index < -0.39 is 0 Å². The largest absolute Gasteiger partial charge is 0.338 e. The predicted octanol–water partition coefficient (Wildman–Crippen LogP) is 5.11. The summed E-state index contributed by atoms with van der Waals surface area (Å²) in [7, 11) is 0. The Morgan fingerprint density at radius 2 is 1.82 bits per heavy atom. The molecular weight excluding hydrogens is 272 g/mol. The Kier molecular flexibility index (Phi) is 3.42. The van der Waals surface area contributed by atoms with Crippen molar-refractivity contribution in [3.8, 4) is 11.4 Å². The van der Waals surface area contributed by atoms with E-state index in [1.54, 1.807) is 0 Å². The average molecular weight is 298 g/mol. The number of hydrogen-bond acceptors (Lipinski definition) is 3. The summed E-state index contributed by atoms with van der Waals surface area (Å²) >= 11 is 0. The number of nitrogens with zero attached hydrogens (tertiary/aromatic N) is 2. The van der Waals surface area contributed by atoms with Crippen LogP contribution in [0.3, 0.4) is 0 Å². The quantitative estimate of drug-likeness (QED) is 0.734. The van der Waals surface area contributed by atoms with Gasteiger partial charge in [0.2, 0.25) is 11.7 Å². The van der Waals surface area contributed by atoms with E-state index in [-0.39, 0.29) is 10.8 Å². The number of hydrogen-bond donors (Lipinski definition) is 0. The first kappa shape index (κ1) is 15.3. The molecule has 1 aliphatic carbocycles. The summed E-state index contributed by atoms with van der Waals surface area (Å²) in [6.45, 7) is 13.3. The molecule has 0 fully saturated rings. The highest BCUT2D eigenvalue weighted by atomic mass is 16.5. The topological polar surface area (TPSA) is 38.9 Å². The molecule has 3 rings (SSSR count). The minimum Gasteiger partial charge on any atom is -0.338 e. The van der Waals surface area contributed by atoms with Gasteiger partial charge in [-0.2, -0.15) is 4.98 Å². The lowest BCUT2D eigenvalue weighted by Crippen LogP contribution is -2.15. The molecule has 1 aliphatic rings. The second-order valence-electron chi connectivity index (χ2n) is 8.50. The molecule has 3 nitrogen and oxygen atoms in total. The Morgan fingerprint density at radius 1 is 1.09 bits per heavy atom. The first-order valence-electron chi connectivity index (χ1n) is 8.14. The highest BCUT2D eigenvalue weighted by molar-refractivity contribution is 5.64. The summed E-state index contributed by atoms with van der Waals surface area (Å²) in [6, 6.07) is 6.53. The monoisotopic (exact) mass is 298 g/mol. The lowest BCUT2D eigenvalue weighted by molar-refractivity contribution is 0.319. The number of benzene rings is 1. The van der Waals surface area contributed by atoms with Crippen molar-refractivity contribution in [2.24, 2.45) is 5.41 Å². The van der Waals surface area contributed by atoms with Gasteiger partial charge in [0.05, 0.1) is 0 Å². The Morgan fingerprint density at radius 3 is 2.41 bits per heavy atom. The van der Waals surface area contributed by atoms with Crippen molar-refractivity contribution < 1.29 is 4.52 Å². The van der Waals surface area contributed by atoms with E-state index in [1.165, 1.54) is 17.5 Å². The molecule has 1 atom stereocenters. The van der Waals surface area contributed by atoms with Gasteiger partial charge in [0, 0.05) is 11.0 Å². The molecule has 2 aromatic rings. The second-order valence-corrected chi connectivity index (χ2v) is 8.50. The third-order valence-electron chi connectivity index (χ3n) is 4.62. The summed E-state index contributed by atoms with van der Waals surface area (Å²) in [6.07, 6.45) is 2.31. The fourth-order valence-corrected chi connectivity index (χ4v) is 3.40. The first-order chi connectivity index (χ1) is 10.2. The van der Waals surface area contributed by atoms with Gasteiger partial charge in [-0.3, -0.25) is 0 Å². The number of rotatable bonds is 1. The van der Waals surface area contributed by atoms with E-state index in [0.717, 1.165) is 17.8 Å². The zero-order valence-electron chi connectivity index (χ0n) is 14.5. The highest BCUT2D eigenvalue weighted by Gasteiger charge is 2.34. The van der Waals surface area contributed by atoms with Crippen LogP contribution in [0.2, 0.25) is 0 Å². The Labute approximate surface area is 133 Å². The molecule has 0 saturated carbocycles. The third kappa shape index (κ3) is 2.57. The lowest BCUT2D eigenvalue weighted by Gasteiger charge is -2.27. The van der Waals surface area contributed by atoms with Crippen molar-refractivity contribution in [3.05, 3.63) is 35.2 Å². The Hall–Kier alpha value is -1.64. The normalized spacial score (nSPS) is 18.5. The van der Waals surface area contributed by atoms with Gasteiger partial charge >= 0.3 is 0 Å². The van der Waals surface area contributed by atoms with Gasteiger partial charge < -0.3 is 4.52 Å². The molecule has 22 heavy (non-hydrogen) atoms. The van der Waals surface area contributed by atoms with Gasteiger partial charge in [-0.15, -0.1) is 0 Å². The van der Waals surface area contributed by atoms with Crippen LogP contribution >= 0.6 is 0 Å². The van der Waals surface area contributed by atoms with Gasteiger partial charge in [-0.1, -0.05) is 64.9 Å². The molecular formula is C19H26N2O. The van der Waals surface area contributed by atoms with Gasteiger partial charge in [-0.05, 0) is 35.3 Å². The molecule has 0 radical (unpaired) electrons. The van der Waals surface area contributed by atoms with Crippen LogP contribution in [0.25, 0.3) is 11.4 Å². The van der Waals surface area contributed by atoms with Crippen molar-refractivity contribution in [1.29, 1.82) is 0 Å². The van der Waals surface area contributed by atoms with Crippen molar-refractivity contribution >= 4 is 0 Å². The maximum Gasteiger partial charge on any atom is 0.232 e. The maximum atomic E-state index is 5.48. The molecule has 1 aromatic carbocycles. The Balaban J connectivity index is 2.04. The average Bonchev–Trinajstić information content (AvgIpc) is 3.03. The summed E-state index contributed by atoms with van der Waals surface area (Å²) in [4.78, 5) is 4.64. The van der Waals surface area contributed by atoms with Crippen molar-refractivity contribution in [3.63, 3.8) is 0 Å². The molecule has 118 valence electrons. The third-order valence-corrected chi connectivity index (χ3v) is 4.62. The SMILES string of the molecule is CC(C)(C)c1nc(-c2cccc3c2CC[C@H]3C(C)(C)C)no1. The van der Waals surface area contributed by atoms with Crippen LogP contribution in [0.15, 0.2) is 22.7 Å². The van der Waals surface area contributed by atoms with E-state index in [1.807, 2.05) is 0 Å². The van der Waals surface area contributed by atoms with E-state index in [0.29, 0.717) is 11.8 Å². The minimum atomic E-state index is -0.114. The van der Waals surface area contributed by atoms with Crippen molar-refractivity contribution in [1.82, 2.24) is 10.1 Å². The molecule has 3 heteroatoms. The molecule has 1 heterocycles. The Bertz CT molecular complexity index is 686. The van der Waals surface area contributed by atoms with Crippen LogP contribution in [0.1, 0.15) is 70.9 Å². The van der Waals surface area contributed by atoms with Crippen LogP contribution in [0.5, 0.6) is 0 Å². The maximum absolute atomic E-state index is 5.48. The molecule has 0 amide bonds. The number of fused-ring (bicyclic) bond motifs is 1. The van der Waals surface area contributed by atoms with Crippen molar-refractivity contribution in [2.75, 3.05) is 0 Å². The van der Waals surface area contributed by atoms with Gasteiger partial charge in [-0.25, -0.2) is 0 Å². The second kappa shape index (κ2) is 4.94. The van der Waals surface area contributed by atoms with Crippen molar-refractivity contribution in [2.45, 2.75) is 65.7 Å². The van der Waals surface area contributed by atoms with Crippen LogP contribution < -0.4 is 0 Å². The fraction of sp³-hybridized carbons (Fsp3) is 0.579. The summed E-state index contributed by atoms with van der Waals surface area (Å²) in [5.41, 5.74) is 4.19. The fourth-order valence-electron chi connectivity index (χ4n) is 3.40. The van der Waals surface area contributed by atoms with Crippen LogP contribution in [0, 0.1) is 5.41 Å². The van der Waals surface area contributed by atoms with Gasteiger partial charge in [0.1, 0.15) is 0 Å². The van der Waals surface area contributed by atoms with Crippen LogP contribution in [0.4, 0.5) is 0 Å². The zero-order chi connectivity index (χ0) is 16.1. The number of aromatic nitrogens is 2. The van der Waals surface area contributed by atoms with Crippen LogP contribution in [-0.2, 0) is 11.8 Å². The summed E-state index contributed by atoms with van der Waals surface area (Å²) in [5.74, 6) is 2.04. The van der Waals surface area contributed by atoms with Gasteiger partial charge in [0.15, 0.2) is 0 Å². The highest BCUT2D eigenvalue weighted by Crippen LogP contribution is 2.47. The first-order valence-corrected chi connectivity index (χ1v) is 8.14. The molecule has 0 spiro atoms. The summed E-state index contributed by atoms with van der Waals surface area (Å²) < 4.78 is 5.48. The minimum absolute atomic E-state index is 0.114. The predicted molar refractivity (Wildman–Crippen MR) is 89.0 cm³/mol. The molecule has 1 aromatic heterocycles. The van der Waals surface area contributed by atoms with Gasteiger partial charge in [0.25, 0.3) is 0 Å². The molecule has 0 bridgehead atoms. The smallest absolute Gasteiger partial charge is 0.232 e. The van der Waals surface area contributed by atoms with E-state index in [9.17, 15) is 0 Å². The van der Waals surface area contributed by atoms with E-state index >= 15 is 0 Å². The summed E-state index contributed by atoms with van der Waals surface area (Å²) in [5, 5.41) is 4.23. The van der Waals surface area contributed by atoms with E-state index in [2.05, 4.69) is 69.9 Å². The van der Waals surface area contributed by atoms with Crippen LogP contribution in [-0.4, -0.2) is 10.1 Å². The molecule has 0 aliphatic heterocycles.